The monoisotopic (exact) mass is 372 g/mol. The minimum Gasteiger partial charge on any atom is -0.329 e. The van der Waals surface area contributed by atoms with Crippen LogP contribution in [0.15, 0.2) is 22.7 Å². The van der Waals surface area contributed by atoms with Gasteiger partial charge < -0.3 is 5.73 Å². The molecule has 0 heterocycles. The van der Waals surface area contributed by atoms with Gasteiger partial charge in [0.25, 0.3) is 0 Å². The lowest BCUT2D eigenvalue weighted by Gasteiger charge is -2.38. The van der Waals surface area contributed by atoms with E-state index in [9.17, 15) is 0 Å². The Balaban J connectivity index is 2.31. The fourth-order valence-corrected chi connectivity index (χ4v) is 4.02. The topological polar surface area (TPSA) is 29.3 Å². The molecule has 0 radical (unpaired) electrons. The zero-order valence-corrected chi connectivity index (χ0v) is 15.3. The van der Waals surface area contributed by atoms with Crippen molar-refractivity contribution in [2.24, 2.45) is 11.7 Å². The molecular weight excluding hydrogens is 348 g/mol. The second-order valence-electron chi connectivity index (χ2n) is 6.45. The number of hydrogen-bond acceptors (Lipinski definition) is 2. The van der Waals surface area contributed by atoms with Gasteiger partial charge in [-0.3, -0.25) is 4.90 Å². The van der Waals surface area contributed by atoms with E-state index in [1.807, 2.05) is 12.1 Å². The van der Waals surface area contributed by atoms with Crippen molar-refractivity contribution in [2.75, 3.05) is 13.1 Å². The predicted octanol–water partition coefficient (Wildman–Crippen LogP) is 5.00. The lowest BCUT2D eigenvalue weighted by molar-refractivity contribution is 0.121. The molecule has 1 saturated carbocycles. The molecular formula is C17H26BrClN2. The second-order valence-corrected chi connectivity index (χ2v) is 7.77. The van der Waals surface area contributed by atoms with Gasteiger partial charge in [-0.25, -0.2) is 0 Å². The Bertz CT molecular complexity index is 458. The molecule has 1 fully saturated rings. The van der Waals surface area contributed by atoms with Gasteiger partial charge in [-0.05, 0) is 42.5 Å². The van der Waals surface area contributed by atoms with E-state index in [1.165, 1.54) is 25.7 Å². The lowest BCUT2D eigenvalue weighted by Crippen LogP contribution is -2.42. The maximum absolute atomic E-state index is 6.45. The third-order valence-electron chi connectivity index (χ3n) is 4.31. The van der Waals surface area contributed by atoms with E-state index < -0.39 is 0 Å². The van der Waals surface area contributed by atoms with Crippen molar-refractivity contribution < 1.29 is 0 Å². The zero-order valence-electron chi connectivity index (χ0n) is 13.0. The van der Waals surface area contributed by atoms with Gasteiger partial charge in [0.15, 0.2) is 0 Å². The summed E-state index contributed by atoms with van der Waals surface area (Å²) in [6.07, 6.45) is 5.25. The quantitative estimate of drug-likeness (QED) is 0.760. The van der Waals surface area contributed by atoms with E-state index in [0.717, 1.165) is 21.6 Å². The molecule has 1 atom stereocenters. The Morgan fingerprint density at radius 2 is 2.00 bits per heavy atom. The molecule has 2 nitrogen and oxygen atoms in total. The molecule has 1 unspecified atom stereocenters. The van der Waals surface area contributed by atoms with E-state index in [0.29, 0.717) is 18.5 Å². The van der Waals surface area contributed by atoms with Crippen LogP contribution in [0.2, 0.25) is 5.02 Å². The van der Waals surface area contributed by atoms with Crippen LogP contribution in [0.1, 0.15) is 51.1 Å². The molecule has 1 aromatic carbocycles. The van der Waals surface area contributed by atoms with Crippen molar-refractivity contribution in [3.63, 3.8) is 0 Å². The molecule has 2 rings (SSSR count). The van der Waals surface area contributed by atoms with Gasteiger partial charge in [-0.2, -0.15) is 0 Å². The van der Waals surface area contributed by atoms with E-state index in [-0.39, 0.29) is 6.04 Å². The first-order chi connectivity index (χ1) is 10.0. The summed E-state index contributed by atoms with van der Waals surface area (Å²) in [5.41, 5.74) is 7.31. The van der Waals surface area contributed by atoms with E-state index in [2.05, 4.69) is 40.7 Å². The summed E-state index contributed by atoms with van der Waals surface area (Å²) in [7, 11) is 0. The molecule has 1 aliphatic rings. The highest BCUT2D eigenvalue weighted by atomic mass is 79.9. The maximum atomic E-state index is 6.45. The number of halogens is 2. The lowest BCUT2D eigenvalue weighted by atomic mass is 10.0. The zero-order chi connectivity index (χ0) is 15.4. The largest absolute Gasteiger partial charge is 0.329 e. The third kappa shape index (κ3) is 4.44. The van der Waals surface area contributed by atoms with Crippen molar-refractivity contribution in [2.45, 2.75) is 51.6 Å². The summed E-state index contributed by atoms with van der Waals surface area (Å²) in [6.45, 7) is 6.24. The molecule has 1 aliphatic carbocycles. The molecule has 0 aliphatic heterocycles. The van der Waals surface area contributed by atoms with Crippen LogP contribution in [0.4, 0.5) is 0 Å². The molecule has 2 N–H and O–H groups in total. The first kappa shape index (κ1) is 17.3. The van der Waals surface area contributed by atoms with Crippen LogP contribution in [0.3, 0.4) is 0 Å². The minimum atomic E-state index is 0.209. The maximum Gasteiger partial charge on any atom is 0.0488 e. The van der Waals surface area contributed by atoms with Crippen molar-refractivity contribution >= 4 is 27.5 Å². The molecule has 0 bridgehead atoms. The van der Waals surface area contributed by atoms with Crippen LogP contribution >= 0.6 is 27.5 Å². The van der Waals surface area contributed by atoms with Crippen LogP contribution in [0.5, 0.6) is 0 Å². The first-order valence-electron chi connectivity index (χ1n) is 7.93. The summed E-state index contributed by atoms with van der Waals surface area (Å²) in [6, 6.07) is 6.94. The van der Waals surface area contributed by atoms with Crippen LogP contribution in [0, 0.1) is 5.92 Å². The first-order valence-corrected chi connectivity index (χ1v) is 9.10. The number of benzene rings is 1. The van der Waals surface area contributed by atoms with Gasteiger partial charge in [-0.1, -0.05) is 54.2 Å². The fourth-order valence-electron chi connectivity index (χ4n) is 3.40. The summed E-state index contributed by atoms with van der Waals surface area (Å²) in [5, 5.41) is 0.820. The summed E-state index contributed by atoms with van der Waals surface area (Å²) in [5.74, 6) is 0.630. The van der Waals surface area contributed by atoms with E-state index in [4.69, 9.17) is 17.3 Å². The van der Waals surface area contributed by atoms with Crippen molar-refractivity contribution in [3.05, 3.63) is 33.3 Å². The van der Waals surface area contributed by atoms with Gasteiger partial charge in [0, 0.05) is 34.7 Å². The predicted molar refractivity (Wildman–Crippen MR) is 94.7 cm³/mol. The Morgan fingerprint density at radius 3 is 2.57 bits per heavy atom. The SMILES string of the molecule is CC(C)CN(C1CCCC1)C(CN)c1cc(Br)ccc1Cl. The average Bonchev–Trinajstić information content (AvgIpc) is 2.95. The van der Waals surface area contributed by atoms with Gasteiger partial charge in [0.05, 0.1) is 0 Å². The van der Waals surface area contributed by atoms with Crippen molar-refractivity contribution in [3.8, 4) is 0 Å². The second kappa shape index (κ2) is 7.96. The smallest absolute Gasteiger partial charge is 0.0488 e. The molecule has 0 spiro atoms. The number of nitrogens with zero attached hydrogens (tertiary/aromatic N) is 1. The van der Waals surface area contributed by atoms with Crippen molar-refractivity contribution in [1.29, 1.82) is 0 Å². The fraction of sp³-hybridized carbons (Fsp3) is 0.647. The average molecular weight is 374 g/mol. The molecule has 4 heteroatoms. The number of hydrogen-bond donors (Lipinski definition) is 1. The van der Waals surface area contributed by atoms with Gasteiger partial charge in [0.2, 0.25) is 0 Å². The summed E-state index contributed by atoms with van der Waals surface area (Å²) in [4.78, 5) is 2.60. The highest BCUT2D eigenvalue weighted by Crippen LogP contribution is 2.35. The summed E-state index contributed by atoms with van der Waals surface area (Å²) >= 11 is 10.0. The van der Waals surface area contributed by atoms with Gasteiger partial charge in [-0.15, -0.1) is 0 Å². The normalized spacial score (nSPS) is 17.9. The molecule has 21 heavy (non-hydrogen) atoms. The standard InChI is InChI=1S/C17H26BrClN2/c1-12(2)11-21(14-5-3-4-6-14)17(10-20)15-9-13(18)7-8-16(15)19/h7-9,12,14,17H,3-6,10-11,20H2,1-2H3. The molecule has 1 aromatic rings. The highest BCUT2D eigenvalue weighted by Gasteiger charge is 2.30. The minimum absolute atomic E-state index is 0.209. The van der Waals surface area contributed by atoms with Crippen LogP contribution in [-0.2, 0) is 0 Å². The molecule has 118 valence electrons. The number of nitrogens with two attached hydrogens (primary N) is 1. The third-order valence-corrected chi connectivity index (χ3v) is 5.15. The van der Waals surface area contributed by atoms with Crippen molar-refractivity contribution in [1.82, 2.24) is 4.90 Å². The van der Waals surface area contributed by atoms with E-state index >= 15 is 0 Å². The Labute approximate surface area is 142 Å². The highest BCUT2D eigenvalue weighted by molar-refractivity contribution is 9.10. The molecule has 0 amide bonds. The van der Waals surface area contributed by atoms with Gasteiger partial charge >= 0.3 is 0 Å². The Morgan fingerprint density at radius 1 is 1.33 bits per heavy atom. The van der Waals surface area contributed by atoms with Crippen LogP contribution in [-0.4, -0.2) is 24.0 Å². The Hall–Kier alpha value is -0.0900. The Kier molecular flexibility index (Phi) is 6.54. The van der Waals surface area contributed by atoms with Crippen LogP contribution < -0.4 is 5.73 Å². The van der Waals surface area contributed by atoms with Crippen LogP contribution in [0.25, 0.3) is 0 Å². The molecule has 0 saturated heterocycles. The van der Waals surface area contributed by atoms with E-state index in [1.54, 1.807) is 0 Å². The van der Waals surface area contributed by atoms with Gasteiger partial charge in [0.1, 0.15) is 0 Å². The number of rotatable bonds is 6. The molecule has 0 aromatic heterocycles. The summed E-state index contributed by atoms with van der Waals surface area (Å²) < 4.78 is 1.07.